The first kappa shape index (κ1) is 9.48. The minimum absolute atomic E-state index is 0.134. The van der Waals surface area contributed by atoms with Crippen LogP contribution in [0, 0.1) is 0 Å². The Morgan fingerprint density at radius 1 is 1.75 bits per heavy atom. The Hall–Kier alpha value is -0.610. The summed E-state index contributed by atoms with van der Waals surface area (Å²) in [6.07, 6.45) is 0.229. The van der Waals surface area contributed by atoms with E-state index in [2.05, 4.69) is 10.2 Å². The number of rotatable bonds is 4. The highest BCUT2D eigenvalue weighted by Gasteiger charge is 2.25. The van der Waals surface area contributed by atoms with Crippen LogP contribution in [0.4, 0.5) is 0 Å². The van der Waals surface area contributed by atoms with E-state index >= 15 is 0 Å². The summed E-state index contributed by atoms with van der Waals surface area (Å²) in [6, 6.07) is 0.661. The van der Waals surface area contributed by atoms with Crippen LogP contribution in [0.25, 0.3) is 0 Å². The highest BCUT2D eigenvalue weighted by molar-refractivity contribution is 5.67. The topological polar surface area (TPSA) is 52.6 Å². The summed E-state index contributed by atoms with van der Waals surface area (Å²) in [5, 5.41) is 11.7. The zero-order chi connectivity index (χ0) is 9.14. The van der Waals surface area contributed by atoms with Crippen molar-refractivity contribution < 1.29 is 9.90 Å². The third-order valence-electron chi connectivity index (χ3n) is 2.50. The monoisotopic (exact) mass is 172 g/mol. The van der Waals surface area contributed by atoms with Gasteiger partial charge < -0.3 is 10.4 Å². The molecule has 1 aliphatic rings. The molecule has 1 fully saturated rings. The summed E-state index contributed by atoms with van der Waals surface area (Å²) in [6.45, 7) is 3.92. The van der Waals surface area contributed by atoms with Crippen molar-refractivity contribution in [3.8, 4) is 0 Å². The van der Waals surface area contributed by atoms with Crippen molar-refractivity contribution in [2.75, 3.05) is 20.1 Å². The molecule has 4 nitrogen and oxygen atoms in total. The van der Waals surface area contributed by atoms with Crippen LogP contribution in [0.3, 0.4) is 0 Å². The van der Waals surface area contributed by atoms with Gasteiger partial charge in [0.1, 0.15) is 0 Å². The fourth-order valence-electron chi connectivity index (χ4n) is 1.32. The predicted octanol–water partition coefficient (Wildman–Crippen LogP) is -0.247. The van der Waals surface area contributed by atoms with Gasteiger partial charge in [-0.05, 0) is 14.0 Å². The average molecular weight is 172 g/mol. The number of hydrogen-bond acceptors (Lipinski definition) is 3. The van der Waals surface area contributed by atoms with E-state index in [-0.39, 0.29) is 12.5 Å². The van der Waals surface area contributed by atoms with Gasteiger partial charge in [-0.2, -0.15) is 0 Å². The SMILES string of the molecule is CC(CC(=O)O)N(C)C1CNC1. The van der Waals surface area contributed by atoms with Crippen molar-refractivity contribution in [1.82, 2.24) is 10.2 Å². The lowest BCUT2D eigenvalue weighted by molar-refractivity contribution is -0.138. The quantitative estimate of drug-likeness (QED) is 0.614. The van der Waals surface area contributed by atoms with Gasteiger partial charge in [-0.15, -0.1) is 0 Å². The number of carbonyl (C=O) groups is 1. The first-order valence-electron chi connectivity index (χ1n) is 4.25. The number of likely N-dealkylation sites (N-methyl/N-ethyl adjacent to an activating group) is 1. The lowest BCUT2D eigenvalue weighted by Gasteiger charge is -2.38. The number of carboxylic acid groups (broad SMARTS) is 1. The molecule has 1 atom stereocenters. The highest BCUT2D eigenvalue weighted by Crippen LogP contribution is 2.09. The summed E-state index contributed by atoms with van der Waals surface area (Å²) < 4.78 is 0. The van der Waals surface area contributed by atoms with Crippen molar-refractivity contribution in [2.24, 2.45) is 0 Å². The van der Waals surface area contributed by atoms with E-state index < -0.39 is 5.97 Å². The zero-order valence-electron chi connectivity index (χ0n) is 7.58. The molecule has 0 spiro atoms. The molecular weight excluding hydrogens is 156 g/mol. The molecular formula is C8H16N2O2. The molecule has 12 heavy (non-hydrogen) atoms. The van der Waals surface area contributed by atoms with Gasteiger partial charge in [0, 0.05) is 25.2 Å². The molecule has 1 unspecified atom stereocenters. The maximum Gasteiger partial charge on any atom is 0.304 e. The Morgan fingerprint density at radius 2 is 2.33 bits per heavy atom. The highest BCUT2D eigenvalue weighted by atomic mass is 16.4. The smallest absolute Gasteiger partial charge is 0.304 e. The molecule has 0 aromatic rings. The van der Waals surface area contributed by atoms with E-state index in [1.165, 1.54) is 0 Å². The van der Waals surface area contributed by atoms with E-state index in [9.17, 15) is 4.79 Å². The van der Waals surface area contributed by atoms with Crippen molar-refractivity contribution in [2.45, 2.75) is 25.4 Å². The van der Waals surface area contributed by atoms with Gasteiger partial charge in [0.25, 0.3) is 0 Å². The van der Waals surface area contributed by atoms with Crippen LogP contribution in [0.1, 0.15) is 13.3 Å². The Balaban J connectivity index is 2.29. The van der Waals surface area contributed by atoms with E-state index in [4.69, 9.17) is 5.11 Å². The van der Waals surface area contributed by atoms with Crippen LogP contribution < -0.4 is 5.32 Å². The fourth-order valence-corrected chi connectivity index (χ4v) is 1.32. The number of aliphatic carboxylic acids is 1. The maximum atomic E-state index is 10.4. The molecule has 4 heteroatoms. The third kappa shape index (κ3) is 2.19. The van der Waals surface area contributed by atoms with E-state index in [0.29, 0.717) is 6.04 Å². The van der Waals surface area contributed by atoms with Crippen LogP contribution in [-0.2, 0) is 4.79 Å². The largest absolute Gasteiger partial charge is 0.481 e. The molecule has 0 amide bonds. The molecule has 1 aliphatic heterocycles. The van der Waals surface area contributed by atoms with Gasteiger partial charge >= 0.3 is 5.97 Å². The second-order valence-corrected chi connectivity index (χ2v) is 3.42. The molecule has 1 saturated heterocycles. The lowest BCUT2D eigenvalue weighted by atomic mass is 10.1. The molecule has 1 rings (SSSR count). The van der Waals surface area contributed by atoms with E-state index in [1.807, 2.05) is 14.0 Å². The first-order chi connectivity index (χ1) is 5.61. The van der Waals surface area contributed by atoms with E-state index in [1.54, 1.807) is 0 Å². The molecule has 1 heterocycles. The second kappa shape index (κ2) is 3.87. The Bertz CT molecular complexity index is 168. The van der Waals surface area contributed by atoms with Crippen molar-refractivity contribution in [3.63, 3.8) is 0 Å². The Morgan fingerprint density at radius 3 is 2.67 bits per heavy atom. The molecule has 0 radical (unpaired) electrons. The molecule has 0 aromatic heterocycles. The molecule has 0 aliphatic carbocycles. The van der Waals surface area contributed by atoms with Gasteiger partial charge in [0.2, 0.25) is 0 Å². The van der Waals surface area contributed by atoms with Crippen LogP contribution in [0.15, 0.2) is 0 Å². The van der Waals surface area contributed by atoms with Crippen LogP contribution in [-0.4, -0.2) is 48.2 Å². The summed E-state index contributed by atoms with van der Waals surface area (Å²) in [5.74, 6) is -0.721. The lowest BCUT2D eigenvalue weighted by Crippen LogP contribution is -2.58. The van der Waals surface area contributed by atoms with E-state index in [0.717, 1.165) is 13.1 Å². The van der Waals surface area contributed by atoms with Gasteiger partial charge in [-0.1, -0.05) is 0 Å². The van der Waals surface area contributed by atoms with Gasteiger partial charge in [-0.25, -0.2) is 0 Å². The summed E-state index contributed by atoms with van der Waals surface area (Å²) in [5.41, 5.74) is 0. The number of nitrogens with zero attached hydrogens (tertiary/aromatic N) is 1. The predicted molar refractivity (Wildman–Crippen MR) is 46.1 cm³/mol. The average Bonchev–Trinajstić information content (AvgIpc) is 1.81. The molecule has 2 N–H and O–H groups in total. The molecule has 0 aromatic carbocycles. The number of hydrogen-bond donors (Lipinski definition) is 2. The van der Waals surface area contributed by atoms with Crippen molar-refractivity contribution in [1.29, 1.82) is 0 Å². The van der Waals surface area contributed by atoms with Gasteiger partial charge in [-0.3, -0.25) is 9.69 Å². The standard InChI is InChI=1S/C8H16N2O2/c1-6(3-8(11)12)10(2)7-4-9-5-7/h6-7,9H,3-5H2,1-2H3,(H,11,12). The van der Waals surface area contributed by atoms with Gasteiger partial charge in [0.15, 0.2) is 0 Å². The minimum atomic E-state index is -0.721. The van der Waals surface area contributed by atoms with Crippen LogP contribution >= 0.6 is 0 Å². The molecule has 70 valence electrons. The summed E-state index contributed by atoms with van der Waals surface area (Å²) >= 11 is 0. The molecule has 0 saturated carbocycles. The van der Waals surface area contributed by atoms with Crippen molar-refractivity contribution >= 4 is 5.97 Å². The number of nitrogens with one attached hydrogen (secondary N) is 1. The van der Waals surface area contributed by atoms with Crippen LogP contribution in [0.5, 0.6) is 0 Å². The minimum Gasteiger partial charge on any atom is -0.481 e. The number of carboxylic acids is 1. The van der Waals surface area contributed by atoms with Crippen molar-refractivity contribution in [3.05, 3.63) is 0 Å². The first-order valence-corrected chi connectivity index (χ1v) is 4.25. The normalized spacial score (nSPS) is 20.6. The summed E-state index contributed by atoms with van der Waals surface area (Å²) in [7, 11) is 1.99. The maximum absolute atomic E-state index is 10.4. The van der Waals surface area contributed by atoms with Gasteiger partial charge in [0.05, 0.1) is 6.42 Å². The Labute approximate surface area is 72.6 Å². The Kier molecular flexibility index (Phi) is 3.05. The zero-order valence-corrected chi connectivity index (χ0v) is 7.58. The third-order valence-corrected chi connectivity index (χ3v) is 2.50. The second-order valence-electron chi connectivity index (χ2n) is 3.42. The summed E-state index contributed by atoms with van der Waals surface area (Å²) in [4.78, 5) is 12.5. The molecule has 0 bridgehead atoms. The fraction of sp³-hybridized carbons (Fsp3) is 0.875. The van der Waals surface area contributed by atoms with Crippen LogP contribution in [0.2, 0.25) is 0 Å².